The van der Waals surface area contributed by atoms with Gasteiger partial charge in [0.05, 0.1) is 0 Å². The van der Waals surface area contributed by atoms with Gasteiger partial charge >= 0.3 is 0 Å². The van der Waals surface area contributed by atoms with Crippen molar-refractivity contribution < 1.29 is 5.11 Å². The van der Waals surface area contributed by atoms with E-state index in [1.807, 2.05) is 0 Å². The molecule has 0 spiro atoms. The first-order valence-electron chi connectivity index (χ1n) is 5.53. The van der Waals surface area contributed by atoms with Gasteiger partial charge in [0, 0.05) is 18.6 Å². The molecule has 1 aromatic rings. The van der Waals surface area contributed by atoms with Crippen LogP contribution in [0.5, 0.6) is 0 Å². The van der Waals surface area contributed by atoms with Gasteiger partial charge in [-0.2, -0.15) is 0 Å². The lowest BCUT2D eigenvalue weighted by molar-refractivity contribution is 0.200. The van der Waals surface area contributed by atoms with Crippen LogP contribution in [0.1, 0.15) is 36.1 Å². The summed E-state index contributed by atoms with van der Waals surface area (Å²) in [6.07, 6.45) is 0.908. The van der Waals surface area contributed by atoms with Gasteiger partial charge in [-0.3, -0.25) is 0 Å². The summed E-state index contributed by atoms with van der Waals surface area (Å²) in [6.45, 7) is 6.35. The Morgan fingerprint density at radius 1 is 1.33 bits per heavy atom. The van der Waals surface area contributed by atoms with Crippen molar-refractivity contribution in [1.82, 2.24) is 0 Å². The minimum absolute atomic E-state index is 0.0556. The van der Waals surface area contributed by atoms with Gasteiger partial charge in [-0.1, -0.05) is 30.7 Å². The number of rotatable bonds is 4. The van der Waals surface area contributed by atoms with Crippen LogP contribution in [0.3, 0.4) is 0 Å². The molecule has 0 fully saturated rings. The van der Waals surface area contributed by atoms with Crippen molar-refractivity contribution in [3.63, 3.8) is 0 Å². The van der Waals surface area contributed by atoms with Crippen molar-refractivity contribution >= 4 is 0 Å². The van der Waals surface area contributed by atoms with E-state index in [0.717, 1.165) is 12.0 Å². The second-order valence-corrected chi connectivity index (χ2v) is 4.24. The Morgan fingerprint density at radius 3 is 2.53 bits per heavy atom. The number of aliphatic hydroxyl groups excluding tert-OH is 1. The van der Waals surface area contributed by atoms with E-state index < -0.39 is 0 Å². The molecule has 3 N–H and O–H groups in total. The van der Waals surface area contributed by atoms with Crippen molar-refractivity contribution in [3.8, 4) is 0 Å². The molecule has 0 saturated carbocycles. The van der Waals surface area contributed by atoms with Gasteiger partial charge in [0.15, 0.2) is 0 Å². The van der Waals surface area contributed by atoms with Gasteiger partial charge in [-0.05, 0) is 31.4 Å². The first kappa shape index (κ1) is 12.2. The molecule has 1 aromatic carbocycles. The van der Waals surface area contributed by atoms with Crippen LogP contribution >= 0.6 is 0 Å². The van der Waals surface area contributed by atoms with Crippen LogP contribution < -0.4 is 5.73 Å². The monoisotopic (exact) mass is 207 g/mol. The Labute approximate surface area is 92.1 Å². The highest BCUT2D eigenvalue weighted by atomic mass is 16.3. The minimum atomic E-state index is -0.0556. The summed E-state index contributed by atoms with van der Waals surface area (Å²) in [5, 5.41) is 9.24. The summed E-state index contributed by atoms with van der Waals surface area (Å²) in [5.41, 5.74) is 9.76. The molecule has 0 aliphatic carbocycles. The summed E-state index contributed by atoms with van der Waals surface area (Å²) in [5.74, 6) is 0.158. The molecule has 2 atom stereocenters. The summed E-state index contributed by atoms with van der Waals surface area (Å²) < 4.78 is 0. The van der Waals surface area contributed by atoms with E-state index in [0.29, 0.717) is 0 Å². The molecule has 0 amide bonds. The summed E-state index contributed by atoms with van der Waals surface area (Å²) >= 11 is 0. The van der Waals surface area contributed by atoms with E-state index in [1.54, 1.807) is 0 Å². The Morgan fingerprint density at radius 2 is 2.00 bits per heavy atom. The third-order valence-electron chi connectivity index (χ3n) is 3.06. The van der Waals surface area contributed by atoms with Gasteiger partial charge in [-0.15, -0.1) is 0 Å². The van der Waals surface area contributed by atoms with E-state index in [-0.39, 0.29) is 18.6 Å². The Balaban J connectivity index is 2.98. The van der Waals surface area contributed by atoms with Gasteiger partial charge < -0.3 is 10.8 Å². The molecule has 15 heavy (non-hydrogen) atoms. The molecule has 1 rings (SSSR count). The lowest BCUT2D eigenvalue weighted by atomic mass is 9.89. The maximum atomic E-state index is 9.24. The zero-order valence-corrected chi connectivity index (χ0v) is 9.83. The fourth-order valence-corrected chi connectivity index (χ4v) is 1.87. The average Bonchev–Trinajstić information content (AvgIpc) is 2.23. The highest BCUT2D eigenvalue weighted by molar-refractivity contribution is 5.33. The SMILES string of the molecule is CCC(CO)C(N)c1cc(C)ccc1C. The zero-order valence-electron chi connectivity index (χ0n) is 9.83. The lowest BCUT2D eigenvalue weighted by Crippen LogP contribution is -2.24. The standard InChI is InChI=1S/C13H21NO/c1-4-11(8-15)13(14)12-7-9(2)5-6-10(12)3/h5-7,11,13,15H,4,8,14H2,1-3H3. The number of aryl methyl sites for hydroxylation is 2. The molecule has 0 aromatic heterocycles. The molecule has 84 valence electrons. The van der Waals surface area contributed by atoms with Gasteiger partial charge in [0.1, 0.15) is 0 Å². The third kappa shape index (κ3) is 2.80. The van der Waals surface area contributed by atoms with Crippen LogP contribution in [-0.2, 0) is 0 Å². The van der Waals surface area contributed by atoms with Crippen LogP contribution in [0, 0.1) is 19.8 Å². The fraction of sp³-hybridized carbons (Fsp3) is 0.538. The lowest BCUT2D eigenvalue weighted by Gasteiger charge is -2.22. The average molecular weight is 207 g/mol. The molecular weight excluding hydrogens is 186 g/mol. The second kappa shape index (κ2) is 5.29. The van der Waals surface area contributed by atoms with E-state index in [1.165, 1.54) is 11.1 Å². The minimum Gasteiger partial charge on any atom is -0.396 e. The maximum absolute atomic E-state index is 9.24. The highest BCUT2D eigenvalue weighted by Crippen LogP contribution is 2.25. The van der Waals surface area contributed by atoms with Crippen molar-refractivity contribution in [3.05, 3.63) is 34.9 Å². The third-order valence-corrected chi connectivity index (χ3v) is 3.06. The maximum Gasteiger partial charge on any atom is 0.0477 e. The van der Waals surface area contributed by atoms with E-state index in [9.17, 15) is 5.11 Å². The summed E-state index contributed by atoms with van der Waals surface area (Å²) in [7, 11) is 0. The van der Waals surface area contributed by atoms with Crippen LogP contribution in [-0.4, -0.2) is 11.7 Å². The molecule has 0 saturated heterocycles. The van der Waals surface area contributed by atoms with Crippen LogP contribution in [0.15, 0.2) is 18.2 Å². The topological polar surface area (TPSA) is 46.2 Å². The van der Waals surface area contributed by atoms with Gasteiger partial charge in [0.2, 0.25) is 0 Å². The summed E-state index contributed by atoms with van der Waals surface area (Å²) in [4.78, 5) is 0. The van der Waals surface area contributed by atoms with Crippen LogP contribution in [0.25, 0.3) is 0 Å². The molecule has 2 nitrogen and oxygen atoms in total. The van der Waals surface area contributed by atoms with Gasteiger partial charge in [-0.25, -0.2) is 0 Å². The molecular formula is C13H21NO. The molecule has 0 aliphatic rings. The number of benzene rings is 1. The number of hydrogen-bond donors (Lipinski definition) is 2. The highest BCUT2D eigenvalue weighted by Gasteiger charge is 2.18. The molecule has 2 heteroatoms. The fourth-order valence-electron chi connectivity index (χ4n) is 1.87. The Hall–Kier alpha value is -0.860. The first-order valence-corrected chi connectivity index (χ1v) is 5.53. The molecule has 2 unspecified atom stereocenters. The van der Waals surface area contributed by atoms with Crippen LogP contribution in [0.4, 0.5) is 0 Å². The quantitative estimate of drug-likeness (QED) is 0.796. The number of aliphatic hydroxyl groups is 1. The first-order chi connectivity index (χ1) is 7.10. The molecule has 0 aliphatic heterocycles. The Bertz CT molecular complexity index is 318. The van der Waals surface area contributed by atoms with Crippen LogP contribution in [0.2, 0.25) is 0 Å². The molecule has 0 radical (unpaired) electrons. The Kier molecular flexibility index (Phi) is 4.30. The van der Waals surface area contributed by atoms with Crippen molar-refractivity contribution in [1.29, 1.82) is 0 Å². The number of hydrogen-bond acceptors (Lipinski definition) is 2. The largest absolute Gasteiger partial charge is 0.396 e. The van der Waals surface area contributed by atoms with E-state index >= 15 is 0 Å². The van der Waals surface area contributed by atoms with Crippen molar-refractivity contribution in [2.75, 3.05) is 6.61 Å². The number of nitrogens with two attached hydrogens (primary N) is 1. The predicted octanol–water partition coefficient (Wildman–Crippen LogP) is 2.32. The normalized spacial score (nSPS) is 15.0. The van der Waals surface area contributed by atoms with E-state index in [4.69, 9.17) is 5.73 Å². The zero-order chi connectivity index (χ0) is 11.4. The molecule has 0 bridgehead atoms. The molecule has 0 heterocycles. The van der Waals surface area contributed by atoms with Crippen molar-refractivity contribution in [2.24, 2.45) is 11.7 Å². The van der Waals surface area contributed by atoms with Crippen molar-refractivity contribution in [2.45, 2.75) is 33.2 Å². The predicted molar refractivity (Wildman–Crippen MR) is 63.7 cm³/mol. The van der Waals surface area contributed by atoms with Gasteiger partial charge in [0.25, 0.3) is 0 Å². The smallest absolute Gasteiger partial charge is 0.0477 e. The second-order valence-electron chi connectivity index (χ2n) is 4.24. The van der Waals surface area contributed by atoms with E-state index in [2.05, 4.69) is 39.0 Å². The summed E-state index contributed by atoms with van der Waals surface area (Å²) in [6, 6.07) is 6.25.